The quantitative estimate of drug-likeness (QED) is 0.421. The molecule has 0 aromatic heterocycles. The fourth-order valence-electron chi connectivity index (χ4n) is 5.47. The van der Waals surface area contributed by atoms with Crippen LogP contribution in [-0.2, 0) is 19.0 Å². The fourth-order valence-corrected chi connectivity index (χ4v) is 5.47. The lowest BCUT2D eigenvalue weighted by molar-refractivity contribution is -0.151. The number of likely N-dealkylation sites (N-methyl/N-ethyl adjacent to an activating group) is 2. The molecule has 3 aliphatic rings. The van der Waals surface area contributed by atoms with Crippen LogP contribution in [0.3, 0.4) is 0 Å². The van der Waals surface area contributed by atoms with Gasteiger partial charge in [0.15, 0.2) is 0 Å². The molecule has 2 saturated heterocycles. The van der Waals surface area contributed by atoms with Crippen molar-refractivity contribution in [3.05, 3.63) is 47.6 Å². The molecular weight excluding hydrogens is 522 g/mol. The van der Waals surface area contributed by atoms with Gasteiger partial charge in [-0.2, -0.15) is 0 Å². The van der Waals surface area contributed by atoms with Crippen molar-refractivity contribution in [2.45, 2.75) is 64.4 Å². The van der Waals surface area contributed by atoms with Gasteiger partial charge in [0.25, 0.3) is 0 Å². The lowest BCUT2D eigenvalue weighted by Gasteiger charge is -2.36. The Hall–Kier alpha value is -2.88. The molecule has 9 nitrogen and oxygen atoms in total. The molecule has 0 bridgehead atoms. The van der Waals surface area contributed by atoms with Crippen molar-refractivity contribution in [1.82, 2.24) is 9.80 Å². The van der Waals surface area contributed by atoms with Gasteiger partial charge >= 0.3 is 12.1 Å². The molecule has 0 spiro atoms. The molecule has 1 aromatic carbocycles. The molecule has 0 radical (unpaired) electrons. The van der Waals surface area contributed by atoms with E-state index < -0.39 is 24.3 Å². The van der Waals surface area contributed by atoms with Crippen LogP contribution in [0.1, 0.15) is 45.6 Å². The molecule has 0 saturated carbocycles. The van der Waals surface area contributed by atoms with Gasteiger partial charge in [0, 0.05) is 44.8 Å². The second-order valence-electron chi connectivity index (χ2n) is 12.0. The topological polar surface area (TPSA) is 91.8 Å². The Morgan fingerprint density at radius 2 is 1.85 bits per heavy atom. The van der Waals surface area contributed by atoms with Crippen LogP contribution in [0.4, 0.5) is 10.5 Å². The fraction of sp³-hybridized carbons (Fsp3) is 0.625. The zero-order chi connectivity index (χ0) is 29.5. The second-order valence-corrected chi connectivity index (χ2v) is 12.0. The second kappa shape index (κ2) is 14.3. The van der Waals surface area contributed by atoms with Gasteiger partial charge in [-0.3, -0.25) is 4.79 Å². The first-order valence-corrected chi connectivity index (χ1v) is 14.9. The predicted octanol–water partition coefficient (Wildman–Crippen LogP) is 3.96. The summed E-state index contributed by atoms with van der Waals surface area (Å²) in [4.78, 5) is 32.0. The van der Waals surface area contributed by atoms with E-state index >= 15 is 0 Å². The van der Waals surface area contributed by atoms with Crippen molar-refractivity contribution < 1.29 is 28.9 Å². The SMILES string of the molecule is C/C(=C\c1cccc(N(C)C2COC2)c1)[C@H]1OC(=O)C[C@H](O)CC[C@H](C)[C@@H](OC(=O)N2CCN(C)CC2)/C=C/[C@@H]1C. The maximum atomic E-state index is 13.0. The summed E-state index contributed by atoms with van der Waals surface area (Å²) < 4.78 is 17.3. The number of hydrogen-bond donors (Lipinski definition) is 1. The molecule has 3 heterocycles. The minimum atomic E-state index is -0.815. The lowest BCUT2D eigenvalue weighted by atomic mass is 9.91. The molecule has 1 N–H and O–H groups in total. The summed E-state index contributed by atoms with van der Waals surface area (Å²) >= 11 is 0. The summed E-state index contributed by atoms with van der Waals surface area (Å²) in [6.45, 7) is 10.4. The summed E-state index contributed by atoms with van der Waals surface area (Å²) in [5.74, 6) is -0.613. The van der Waals surface area contributed by atoms with Crippen LogP contribution in [-0.4, -0.2) is 105 Å². The molecule has 2 fully saturated rings. The van der Waals surface area contributed by atoms with Gasteiger partial charge in [-0.1, -0.05) is 38.1 Å². The molecule has 3 aliphatic heterocycles. The number of piperazine rings is 1. The maximum absolute atomic E-state index is 13.0. The summed E-state index contributed by atoms with van der Waals surface area (Å²) in [5.41, 5.74) is 3.01. The number of hydrogen-bond acceptors (Lipinski definition) is 8. The zero-order valence-electron chi connectivity index (χ0n) is 25.2. The van der Waals surface area contributed by atoms with Gasteiger partial charge in [-0.15, -0.1) is 0 Å². The highest BCUT2D eigenvalue weighted by molar-refractivity contribution is 5.71. The Morgan fingerprint density at radius 1 is 1.12 bits per heavy atom. The standard InChI is InChI=1S/C32H47N3O6/c1-22-9-11-28(36)19-30(37)41-31(23(2)10-12-29(22)40-32(38)35-15-13-33(4)14-16-35)24(3)17-25-7-6-8-26(18-25)34(5)27-20-39-21-27/h6-8,10,12,17-18,22-23,27-29,31,36H,9,11,13-16,19-21H2,1-5H3/b12-10+,24-17+/t22-,23-,28+,29-,31-/m0/s1. The summed E-state index contributed by atoms with van der Waals surface area (Å²) in [6.07, 6.45) is 4.85. The van der Waals surface area contributed by atoms with Crippen LogP contribution in [0, 0.1) is 11.8 Å². The largest absolute Gasteiger partial charge is 0.457 e. The Labute approximate surface area is 244 Å². The van der Waals surface area contributed by atoms with Gasteiger partial charge < -0.3 is 34.0 Å². The molecule has 5 atom stereocenters. The number of esters is 1. The minimum Gasteiger partial charge on any atom is -0.457 e. The van der Waals surface area contributed by atoms with E-state index in [0.29, 0.717) is 32.0 Å². The van der Waals surface area contributed by atoms with Crippen LogP contribution in [0.25, 0.3) is 6.08 Å². The smallest absolute Gasteiger partial charge is 0.410 e. The number of rotatable bonds is 5. The molecule has 0 aliphatic carbocycles. The number of anilines is 1. The van der Waals surface area contributed by atoms with E-state index in [4.69, 9.17) is 14.2 Å². The Kier molecular flexibility index (Phi) is 10.9. The van der Waals surface area contributed by atoms with E-state index in [1.807, 2.05) is 58.2 Å². The van der Waals surface area contributed by atoms with Crippen molar-refractivity contribution in [2.24, 2.45) is 11.8 Å². The normalized spacial score (nSPS) is 29.9. The minimum absolute atomic E-state index is 0.0177. The predicted molar refractivity (Wildman–Crippen MR) is 160 cm³/mol. The number of carbonyl (C=O) groups excluding carboxylic acids is 2. The summed E-state index contributed by atoms with van der Waals surface area (Å²) in [7, 11) is 4.12. The van der Waals surface area contributed by atoms with Crippen molar-refractivity contribution in [1.29, 1.82) is 0 Å². The van der Waals surface area contributed by atoms with Crippen molar-refractivity contribution in [3.8, 4) is 0 Å². The first kappa shape index (κ1) is 31.1. The molecule has 1 amide bonds. The van der Waals surface area contributed by atoms with E-state index in [1.165, 1.54) is 0 Å². The summed E-state index contributed by atoms with van der Waals surface area (Å²) in [5, 5.41) is 10.6. The highest BCUT2D eigenvalue weighted by Gasteiger charge is 2.29. The number of aliphatic hydroxyl groups excluding tert-OH is 1. The zero-order valence-corrected chi connectivity index (χ0v) is 25.2. The average Bonchev–Trinajstić information content (AvgIpc) is 2.91. The van der Waals surface area contributed by atoms with Gasteiger partial charge in [0.2, 0.25) is 0 Å². The van der Waals surface area contributed by atoms with Crippen molar-refractivity contribution in [3.63, 3.8) is 0 Å². The maximum Gasteiger partial charge on any atom is 0.410 e. The third-order valence-corrected chi connectivity index (χ3v) is 8.55. The van der Waals surface area contributed by atoms with E-state index in [0.717, 1.165) is 43.1 Å². The van der Waals surface area contributed by atoms with E-state index in [9.17, 15) is 14.7 Å². The first-order chi connectivity index (χ1) is 19.6. The Morgan fingerprint density at radius 3 is 2.54 bits per heavy atom. The number of aliphatic hydroxyl groups is 1. The molecule has 0 unspecified atom stereocenters. The van der Waals surface area contributed by atoms with E-state index in [1.54, 1.807) is 4.90 Å². The van der Waals surface area contributed by atoms with Crippen molar-refractivity contribution in [2.75, 3.05) is 58.4 Å². The van der Waals surface area contributed by atoms with Gasteiger partial charge in [-0.25, -0.2) is 4.79 Å². The molecule has 4 rings (SSSR count). The van der Waals surface area contributed by atoms with E-state index in [-0.39, 0.29) is 24.3 Å². The highest BCUT2D eigenvalue weighted by Crippen LogP contribution is 2.27. The molecule has 41 heavy (non-hydrogen) atoms. The highest BCUT2D eigenvalue weighted by atomic mass is 16.6. The number of nitrogens with zero attached hydrogens (tertiary/aromatic N) is 3. The Bertz CT molecular complexity index is 1090. The number of carbonyl (C=O) groups is 2. The van der Waals surface area contributed by atoms with E-state index in [2.05, 4.69) is 29.0 Å². The first-order valence-electron chi connectivity index (χ1n) is 14.9. The van der Waals surface area contributed by atoms with Crippen LogP contribution >= 0.6 is 0 Å². The monoisotopic (exact) mass is 569 g/mol. The lowest BCUT2D eigenvalue weighted by Crippen LogP contribution is -2.48. The van der Waals surface area contributed by atoms with Gasteiger partial charge in [0.1, 0.15) is 12.2 Å². The molecule has 9 heteroatoms. The van der Waals surface area contributed by atoms with Crippen LogP contribution in [0.15, 0.2) is 42.0 Å². The van der Waals surface area contributed by atoms with Gasteiger partial charge in [0.05, 0.1) is 31.8 Å². The van der Waals surface area contributed by atoms with Crippen LogP contribution < -0.4 is 4.90 Å². The number of benzene rings is 1. The van der Waals surface area contributed by atoms with Gasteiger partial charge in [-0.05, 0) is 62.1 Å². The third kappa shape index (κ3) is 8.56. The Balaban J connectivity index is 1.53. The summed E-state index contributed by atoms with van der Waals surface area (Å²) in [6, 6.07) is 8.64. The number of cyclic esters (lactones) is 1. The third-order valence-electron chi connectivity index (χ3n) is 8.55. The molecule has 226 valence electrons. The number of ether oxygens (including phenoxy) is 3. The van der Waals surface area contributed by atoms with Crippen LogP contribution in [0.2, 0.25) is 0 Å². The number of amides is 1. The average molecular weight is 570 g/mol. The molecule has 1 aromatic rings. The van der Waals surface area contributed by atoms with Crippen molar-refractivity contribution >= 4 is 23.8 Å². The molecular formula is C32H47N3O6. The van der Waals surface area contributed by atoms with Crippen LogP contribution in [0.5, 0.6) is 0 Å².